The van der Waals surface area contributed by atoms with Crippen molar-refractivity contribution in [3.8, 4) is 0 Å². The lowest BCUT2D eigenvalue weighted by Crippen LogP contribution is -2.24. The van der Waals surface area contributed by atoms with Crippen LogP contribution in [-0.4, -0.2) is 30.9 Å². The van der Waals surface area contributed by atoms with Crippen LogP contribution in [0.3, 0.4) is 0 Å². The molecule has 2 aromatic rings. The Morgan fingerprint density at radius 3 is 2.61 bits per heavy atom. The number of halogens is 3. The first-order valence-electron chi connectivity index (χ1n) is 9.45. The number of nitrogens with one attached hydrogen (secondary N) is 1. The molecular weight excluding hydrogens is 413 g/mol. The number of ether oxygens (including phenoxy) is 1. The number of anilines is 2. The van der Waals surface area contributed by atoms with Crippen molar-refractivity contribution in [1.82, 2.24) is 0 Å². The van der Waals surface area contributed by atoms with Gasteiger partial charge in [-0.15, -0.1) is 0 Å². The number of rotatable bonds is 6. The van der Waals surface area contributed by atoms with Crippen molar-refractivity contribution in [2.45, 2.75) is 19.0 Å². The van der Waals surface area contributed by atoms with Gasteiger partial charge in [0.1, 0.15) is 0 Å². The summed E-state index contributed by atoms with van der Waals surface area (Å²) in [5.74, 6) is -1.44. The lowest BCUT2D eigenvalue weighted by atomic mass is 10.1. The van der Waals surface area contributed by atoms with Gasteiger partial charge in [-0.05, 0) is 48.4 Å². The van der Waals surface area contributed by atoms with Crippen LogP contribution in [0, 0.1) is 0 Å². The minimum Gasteiger partial charge on any atom is -0.452 e. The summed E-state index contributed by atoms with van der Waals surface area (Å²) in [6.45, 7) is 0.0463. The van der Waals surface area contributed by atoms with Crippen molar-refractivity contribution in [3.05, 3.63) is 65.7 Å². The molecule has 162 valence electrons. The minimum absolute atomic E-state index is 0.0185. The number of carbonyl (C=O) groups excluding carboxylic acids is 3. The lowest BCUT2D eigenvalue weighted by molar-refractivity contribution is -0.142. The summed E-state index contributed by atoms with van der Waals surface area (Å²) in [5, 5.41) is 2.57. The van der Waals surface area contributed by atoms with Crippen LogP contribution >= 0.6 is 0 Å². The van der Waals surface area contributed by atoms with E-state index in [1.165, 1.54) is 18.2 Å². The first kappa shape index (κ1) is 22.1. The molecule has 2 amide bonds. The Kier molecular flexibility index (Phi) is 6.74. The van der Waals surface area contributed by atoms with Crippen LogP contribution in [0.25, 0.3) is 6.08 Å². The molecule has 1 heterocycles. The topological polar surface area (TPSA) is 75.7 Å². The Morgan fingerprint density at radius 1 is 1.13 bits per heavy atom. The van der Waals surface area contributed by atoms with Gasteiger partial charge in [0.25, 0.3) is 5.91 Å². The summed E-state index contributed by atoms with van der Waals surface area (Å²) < 4.78 is 42.9. The van der Waals surface area contributed by atoms with Gasteiger partial charge in [-0.2, -0.15) is 13.2 Å². The molecule has 3 rings (SSSR count). The monoisotopic (exact) mass is 432 g/mol. The maximum absolute atomic E-state index is 12.7. The van der Waals surface area contributed by atoms with E-state index in [0.717, 1.165) is 24.6 Å². The third kappa shape index (κ3) is 6.18. The Labute approximate surface area is 176 Å². The molecule has 0 bridgehead atoms. The maximum atomic E-state index is 12.7. The van der Waals surface area contributed by atoms with Crippen molar-refractivity contribution in [2.75, 3.05) is 23.4 Å². The Balaban J connectivity index is 1.51. The maximum Gasteiger partial charge on any atom is 0.416 e. The molecule has 0 aromatic heterocycles. The van der Waals surface area contributed by atoms with Gasteiger partial charge in [0.2, 0.25) is 5.91 Å². The Hall–Kier alpha value is -3.62. The second-order valence-corrected chi connectivity index (χ2v) is 6.81. The van der Waals surface area contributed by atoms with Crippen LogP contribution in [0.1, 0.15) is 24.0 Å². The molecule has 0 atom stereocenters. The van der Waals surface area contributed by atoms with Crippen LogP contribution in [0.2, 0.25) is 0 Å². The van der Waals surface area contributed by atoms with Crippen LogP contribution in [-0.2, 0) is 25.3 Å². The average Bonchev–Trinajstić information content (AvgIpc) is 3.16. The Bertz CT molecular complexity index is 1020. The molecule has 6 nitrogen and oxygen atoms in total. The van der Waals surface area contributed by atoms with Gasteiger partial charge in [-0.3, -0.25) is 9.59 Å². The number of nitrogens with zero attached hydrogens (tertiary/aromatic N) is 1. The zero-order chi connectivity index (χ0) is 22.4. The van der Waals surface area contributed by atoms with Gasteiger partial charge in [-0.1, -0.05) is 18.2 Å². The van der Waals surface area contributed by atoms with Crippen molar-refractivity contribution in [2.24, 2.45) is 0 Å². The van der Waals surface area contributed by atoms with E-state index >= 15 is 0 Å². The van der Waals surface area contributed by atoms with Gasteiger partial charge < -0.3 is 15.0 Å². The first-order chi connectivity index (χ1) is 14.7. The molecule has 31 heavy (non-hydrogen) atoms. The summed E-state index contributed by atoms with van der Waals surface area (Å²) in [4.78, 5) is 37.3. The van der Waals surface area contributed by atoms with Crippen molar-refractivity contribution < 1.29 is 32.3 Å². The standard InChI is InChI=1S/C22H19F3N2O4/c23-22(24,25)16-5-1-4-15(12-16)9-10-21(30)31-14-19(28)26-17-6-2-7-18(13-17)27-11-3-8-20(27)29/h1-2,4-7,9-10,12-13H,3,8,11,14H2,(H,26,28)/b10-9+. The molecule has 0 unspecified atom stereocenters. The van der Waals surface area contributed by atoms with Crippen LogP contribution < -0.4 is 10.2 Å². The molecule has 2 aromatic carbocycles. The predicted molar refractivity (Wildman–Crippen MR) is 108 cm³/mol. The van der Waals surface area contributed by atoms with Crippen molar-refractivity contribution in [3.63, 3.8) is 0 Å². The highest BCUT2D eigenvalue weighted by Gasteiger charge is 2.30. The number of hydrogen-bond acceptors (Lipinski definition) is 4. The highest BCUT2D eigenvalue weighted by Crippen LogP contribution is 2.29. The van der Waals surface area contributed by atoms with Crippen molar-refractivity contribution >= 4 is 35.2 Å². The third-order valence-corrected chi connectivity index (χ3v) is 4.49. The van der Waals surface area contributed by atoms with Gasteiger partial charge in [-0.25, -0.2) is 4.79 Å². The summed E-state index contributed by atoms with van der Waals surface area (Å²) >= 11 is 0. The summed E-state index contributed by atoms with van der Waals surface area (Å²) in [5.41, 5.74) is 0.448. The van der Waals surface area contributed by atoms with E-state index in [-0.39, 0.29) is 11.5 Å². The van der Waals surface area contributed by atoms with Gasteiger partial charge in [0, 0.05) is 30.4 Å². The van der Waals surface area contributed by atoms with Gasteiger partial charge in [0.15, 0.2) is 6.61 Å². The minimum atomic E-state index is -4.48. The highest BCUT2D eigenvalue weighted by atomic mass is 19.4. The molecule has 9 heteroatoms. The summed E-state index contributed by atoms with van der Waals surface area (Å²) in [6.07, 6.45) is -1.10. The fourth-order valence-electron chi connectivity index (χ4n) is 3.04. The molecule has 1 saturated heterocycles. The first-order valence-corrected chi connectivity index (χ1v) is 9.45. The van der Waals surface area contributed by atoms with Crippen LogP contribution in [0.5, 0.6) is 0 Å². The molecular formula is C22H19F3N2O4. The SMILES string of the molecule is O=C(COC(=O)/C=C/c1cccc(C(F)(F)F)c1)Nc1cccc(N2CCCC2=O)c1. The van der Waals surface area contributed by atoms with Crippen molar-refractivity contribution in [1.29, 1.82) is 0 Å². The molecule has 1 aliphatic rings. The molecule has 0 spiro atoms. The molecule has 1 fully saturated rings. The normalized spacial score (nSPS) is 14.2. The third-order valence-electron chi connectivity index (χ3n) is 4.49. The van der Waals surface area contributed by atoms with E-state index in [0.29, 0.717) is 24.3 Å². The molecule has 0 radical (unpaired) electrons. The van der Waals surface area contributed by atoms with Gasteiger partial charge in [0.05, 0.1) is 5.56 Å². The number of carbonyl (C=O) groups is 3. The smallest absolute Gasteiger partial charge is 0.416 e. The summed E-state index contributed by atoms with van der Waals surface area (Å²) in [6, 6.07) is 11.2. The van der Waals surface area contributed by atoms with E-state index in [1.54, 1.807) is 29.2 Å². The quantitative estimate of drug-likeness (QED) is 0.553. The molecule has 0 saturated carbocycles. The van der Waals surface area contributed by atoms with E-state index < -0.39 is 30.2 Å². The molecule has 1 aliphatic heterocycles. The molecule has 0 aliphatic carbocycles. The van der Waals surface area contributed by atoms with Crippen LogP contribution in [0.4, 0.5) is 24.5 Å². The zero-order valence-corrected chi connectivity index (χ0v) is 16.3. The number of amides is 2. The highest BCUT2D eigenvalue weighted by molar-refractivity contribution is 5.98. The predicted octanol–water partition coefficient (Wildman–Crippen LogP) is 4.03. The van der Waals surface area contributed by atoms with Crippen LogP contribution in [0.15, 0.2) is 54.6 Å². The fraction of sp³-hybridized carbons (Fsp3) is 0.227. The van der Waals surface area contributed by atoms with E-state index in [4.69, 9.17) is 4.74 Å². The second kappa shape index (κ2) is 9.46. The molecule has 1 N–H and O–H groups in total. The number of alkyl halides is 3. The Morgan fingerprint density at radius 2 is 1.90 bits per heavy atom. The number of hydrogen-bond donors (Lipinski definition) is 1. The van der Waals surface area contributed by atoms with E-state index in [9.17, 15) is 27.6 Å². The lowest BCUT2D eigenvalue weighted by Gasteiger charge is -2.16. The second-order valence-electron chi connectivity index (χ2n) is 6.81. The van der Waals surface area contributed by atoms with E-state index in [2.05, 4.69) is 5.32 Å². The largest absolute Gasteiger partial charge is 0.452 e. The zero-order valence-electron chi connectivity index (χ0n) is 16.3. The fourth-order valence-corrected chi connectivity index (χ4v) is 3.04. The average molecular weight is 432 g/mol. The summed E-state index contributed by atoms with van der Waals surface area (Å²) in [7, 11) is 0. The van der Waals surface area contributed by atoms with Gasteiger partial charge >= 0.3 is 12.1 Å². The number of benzene rings is 2. The van der Waals surface area contributed by atoms with E-state index in [1.807, 2.05) is 0 Å². The number of esters is 1.